The molecule has 0 bridgehead atoms. The Bertz CT molecular complexity index is 1460. The minimum Gasteiger partial charge on any atom is -0.506 e. The van der Waals surface area contributed by atoms with Crippen molar-refractivity contribution in [3.8, 4) is 57.1 Å². The molecule has 0 saturated carbocycles. The fourth-order valence-electron chi connectivity index (χ4n) is 3.97. The van der Waals surface area contributed by atoms with Crippen LogP contribution in [0.5, 0.6) is 46.0 Å². The first-order valence-corrected chi connectivity index (χ1v) is 11.5. The maximum Gasteiger partial charge on any atom is 0.343 e. The second kappa shape index (κ2) is 11.3. The van der Waals surface area contributed by atoms with Crippen LogP contribution in [0.25, 0.3) is 11.1 Å². The third-order valence-corrected chi connectivity index (χ3v) is 6.06. The van der Waals surface area contributed by atoms with E-state index < -0.39 is 86.4 Å². The summed E-state index contributed by atoms with van der Waals surface area (Å²) in [7, 11) is 1.21. The van der Waals surface area contributed by atoms with Gasteiger partial charge in [0.05, 0.1) is 11.1 Å². The standard InChI is InChI=1S/C24H25ClN2O13/c1-40-22(8-3-2-4-9(25)7-8)24(38,39)27-6-5-26-13-15(29)11(17(31)21(35)19(13)33)10-14(28)12(23(36)37)18(32)20(34)16(10)30/h2-4,7,22,26-35,38-39H,5-6H2,1H3,(H,36,37). The van der Waals surface area contributed by atoms with Crippen molar-refractivity contribution < 1.29 is 65.7 Å². The number of carboxylic acid groups (broad SMARTS) is 1. The number of carbonyl (C=O) groups is 1. The first kappa shape index (κ1) is 30.0. The third kappa shape index (κ3) is 5.31. The van der Waals surface area contributed by atoms with Crippen LogP contribution in [0, 0.1) is 0 Å². The Kier molecular flexibility index (Phi) is 8.47. The number of aromatic carboxylic acids is 1. The highest BCUT2D eigenvalue weighted by Crippen LogP contribution is 2.60. The van der Waals surface area contributed by atoms with Gasteiger partial charge in [-0.3, -0.25) is 5.32 Å². The van der Waals surface area contributed by atoms with Crippen LogP contribution < -0.4 is 10.6 Å². The van der Waals surface area contributed by atoms with E-state index in [4.69, 9.17) is 16.3 Å². The zero-order valence-electron chi connectivity index (χ0n) is 20.4. The molecular formula is C24H25ClN2O13. The molecule has 0 saturated heterocycles. The van der Waals surface area contributed by atoms with E-state index in [1.165, 1.54) is 19.2 Å². The number of carboxylic acids is 1. The average molecular weight is 585 g/mol. The summed E-state index contributed by atoms with van der Waals surface area (Å²) >= 11 is 5.94. The van der Waals surface area contributed by atoms with Crippen molar-refractivity contribution in [3.05, 3.63) is 40.4 Å². The van der Waals surface area contributed by atoms with E-state index in [2.05, 4.69) is 10.6 Å². The largest absolute Gasteiger partial charge is 0.506 e. The predicted molar refractivity (Wildman–Crippen MR) is 137 cm³/mol. The van der Waals surface area contributed by atoms with Gasteiger partial charge in [-0.25, -0.2) is 4.79 Å². The Labute approximate surface area is 229 Å². The topological polar surface area (TPSA) is 273 Å². The fraction of sp³-hybridized carbons (Fsp3) is 0.208. The molecule has 15 nitrogen and oxygen atoms in total. The van der Waals surface area contributed by atoms with Gasteiger partial charge in [0.1, 0.15) is 17.0 Å². The maximum absolute atomic E-state index is 11.5. The molecule has 0 aliphatic heterocycles. The number of ether oxygens (including phenoxy) is 1. The molecule has 3 rings (SSSR count). The van der Waals surface area contributed by atoms with Crippen molar-refractivity contribution in [1.82, 2.24) is 5.32 Å². The lowest BCUT2D eigenvalue weighted by Gasteiger charge is -2.31. The smallest absolute Gasteiger partial charge is 0.343 e. The van der Waals surface area contributed by atoms with Crippen LogP contribution in [0.3, 0.4) is 0 Å². The maximum atomic E-state index is 11.5. The normalized spacial score (nSPS) is 12.3. The molecule has 1 unspecified atom stereocenters. The summed E-state index contributed by atoms with van der Waals surface area (Å²) in [6.07, 6.45) is -1.33. The van der Waals surface area contributed by atoms with E-state index in [1.807, 2.05) is 0 Å². The Morgan fingerprint density at radius 1 is 0.850 bits per heavy atom. The van der Waals surface area contributed by atoms with Gasteiger partial charge in [0.15, 0.2) is 34.9 Å². The van der Waals surface area contributed by atoms with Crippen LogP contribution >= 0.6 is 11.6 Å². The number of phenolic OH excluding ortho intramolecular Hbond substituents is 6. The first-order chi connectivity index (χ1) is 18.6. The molecule has 0 aromatic heterocycles. The van der Waals surface area contributed by atoms with Gasteiger partial charge < -0.3 is 66.2 Å². The monoisotopic (exact) mass is 584 g/mol. The molecule has 40 heavy (non-hydrogen) atoms. The van der Waals surface area contributed by atoms with E-state index in [0.717, 1.165) is 0 Å². The first-order valence-electron chi connectivity index (χ1n) is 11.1. The lowest BCUT2D eigenvalue weighted by atomic mass is 9.95. The molecule has 3 aromatic carbocycles. The second-order valence-electron chi connectivity index (χ2n) is 8.34. The number of benzene rings is 3. The van der Waals surface area contributed by atoms with Gasteiger partial charge in [0, 0.05) is 25.2 Å². The van der Waals surface area contributed by atoms with Crippen LogP contribution in [0.15, 0.2) is 24.3 Å². The zero-order chi connectivity index (χ0) is 30.1. The quantitative estimate of drug-likeness (QED) is 0.0693. The minimum absolute atomic E-state index is 0.306. The van der Waals surface area contributed by atoms with Crippen LogP contribution in [-0.2, 0) is 4.74 Å². The van der Waals surface area contributed by atoms with Crippen LogP contribution in [0.1, 0.15) is 22.0 Å². The molecule has 0 amide bonds. The zero-order valence-corrected chi connectivity index (χ0v) is 21.2. The van der Waals surface area contributed by atoms with E-state index >= 15 is 0 Å². The predicted octanol–water partition coefficient (Wildman–Crippen LogP) is 1.38. The molecule has 13 N–H and O–H groups in total. The van der Waals surface area contributed by atoms with E-state index in [0.29, 0.717) is 10.6 Å². The molecular weight excluding hydrogens is 560 g/mol. The molecule has 16 heteroatoms. The highest BCUT2D eigenvalue weighted by molar-refractivity contribution is 6.30. The van der Waals surface area contributed by atoms with Crippen molar-refractivity contribution in [1.29, 1.82) is 0 Å². The van der Waals surface area contributed by atoms with Crippen LogP contribution in [0.4, 0.5) is 5.69 Å². The Morgan fingerprint density at radius 3 is 1.98 bits per heavy atom. The number of aromatic hydroxyl groups is 8. The van der Waals surface area contributed by atoms with Crippen LogP contribution in [-0.4, -0.2) is 88.3 Å². The van der Waals surface area contributed by atoms with Gasteiger partial charge in [-0.2, -0.15) is 0 Å². The number of rotatable bonds is 10. The number of anilines is 1. The summed E-state index contributed by atoms with van der Waals surface area (Å²) in [4.78, 5) is 11.5. The highest BCUT2D eigenvalue weighted by atomic mass is 35.5. The number of hydrogen-bond donors (Lipinski definition) is 13. The van der Waals surface area contributed by atoms with Crippen molar-refractivity contribution in [2.75, 3.05) is 25.5 Å². The second-order valence-corrected chi connectivity index (χ2v) is 8.78. The molecule has 0 radical (unpaired) electrons. The van der Waals surface area contributed by atoms with E-state index in [9.17, 15) is 61.0 Å². The van der Waals surface area contributed by atoms with Crippen molar-refractivity contribution >= 4 is 23.3 Å². The summed E-state index contributed by atoms with van der Waals surface area (Å²) in [5.41, 5.74) is -3.90. The van der Waals surface area contributed by atoms with Gasteiger partial charge in [-0.05, 0) is 17.7 Å². The Hall–Kier alpha value is -4.54. The minimum atomic E-state index is -2.66. The summed E-state index contributed by atoms with van der Waals surface area (Å²) in [6, 6.07) is 6.09. The fourth-order valence-corrected chi connectivity index (χ4v) is 4.17. The summed E-state index contributed by atoms with van der Waals surface area (Å²) in [5.74, 6) is -15.2. The number of aliphatic hydroxyl groups is 2. The molecule has 0 aliphatic rings. The summed E-state index contributed by atoms with van der Waals surface area (Å²) in [5, 5.41) is 117. The molecule has 0 aliphatic carbocycles. The van der Waals surface area contributed by atoms with E-state index in [1.54, 1.807) is 12.1 Å². The van der Waals surface area contributed by atoms with Gasteiger partial charge in [-0.15, -0.1) is 0 Å². The van der Waals surface area contributed by atoms with Gasteiger partial charge >= 0.3 is 5.97 Å². The van der Waals surface area contributed by atoms with Crippen molar-refractivity contribution in [2.24, 2.45) is 0 Å². The molecule has 0 heterocycles. The SMILES string of the molecule is COC(c1cccc(Cl)c1)C(O)(O)NCCNc1c(O)c(O)c(O)c(-c2c(O)c(O)c(O)c(C(=O)O)c2O)c1O. The number of phenols is 8. The van der Waals surface area contributed by atoms with Gasteiger partial charge in [-0.1, -0.05) is 23.7 Å². The number of halogens is 1. The third-order valence-electron chi connectivity index (χ3n) is 5.82. The average Bonchev–Trinajstić information content (AvgIpc) is 2.87. The highest BCUT2D eigenvalue weighted by Gasteiger charge is 2.37. The molecule has 0 spiro atoms. The lowest BCUT2D eigenvalue weighted by molar-refractivity contribution is -0.254. The molecule has 216 valence electrons. The summed E-state index contributed by atoms with van der Waals surface area (Å²) in [6.45, 7) is -0.651. The number of nitrogens with one attached hydrogen (secondary N) is 2. The van der Waals surface area contributed by atoms with E-state index in [-0.39, 0.29) is 13.1 Å². The number of methoxy groups -OCH3 is 1. The Balaban J connectivity index is 1.95. The van der Waals surface area contributed by atoms with Crippen molar-refractivity contribution in [3.63, 3.8) is 0 Å². The van der Waals surface area contributed by atoms with Gasteiger partial charge in [0.2, 0.25) is 11.5 Å². The van der Waals surface area contributed by atoms with Crippen LogP contribution in [0.2, 0.25) is 5.02 Å². The lowest BCUT2D eigenvalue weighted by Crippen LogP contribution is -2.52. The van der Waals surface area contributed by atoms with Gasteiger partial charge in [0.25, 0.3) is 5.91 Å². The molecule has 0 fully saturated rings. The van der Waals surface area contributed by atoms with Crippen molar-refractivity contribution in [2.45, 2.75) is 12.0 Å². The molecule has 3 aromatic rings. The Morgan fingerprint density at radius 2 is 1.43 bits per heavy atom. The summed E-state index contributed by atoms with van der Waals surface area (Å²) < 4.78 is 5.16. The molecule has 1 atom stereocenters. The number of hydrogen-bond acceptors (Lipinski definition) is 14.